The van der Waals surface area contributed by atoms with E-state index in [0.717, 1.165) is 11.3 Å². The molecule has 0 saturated heterocycles. The summed E-state index contributed by atoms with van der Waals surface area (Å²) < 4.78 is 0. The van der Waals surface area contributed by atoms with Crippen LogP contribution in [0.15, 0.2) is 72.9 Å². The number of nitrogens with zero attached hydrogens (tertiary/aromatic N) is 2. The molecule has 3 amide bonds. The van der Waals surface area contributed by atoms with E-state index in [4.69, 9.17) is 0 Å². The van der Waals surface area contributed by atoms with E-state index >= 15 is 0 Å². The van der Waals surface area contributed by atoms with Gasteiger partial charge in [-0.2, -0.15) is 0 Å². The van der Waals surface area contributed by atoms with Crippen molar-refractivity contribution in [2.75, 3.05) is 0 Å². The molecule has 3 aromatic rings. The first-order valence-electron chi connectivity index (χ1n) is 8.86. The summed E-state index contributed by atoms with van der Waals surface area (Å²) in [5.41, 5.74) is 2.91. The lowest BCUT2D eigenvalue weighted by Crippen LogP contribution is -2.29. The van der Waals surface area contributed by atoms with Gasteiger partial charge in [0.15, 0.2) is 0 Å². The second-order valence-corrected chi connectivity index (χ2v) is 6.44. The van der Waals surface area contributed by atoms with Crippen LogP contribution in [0.4, 0.5) is 0 Å². The molecule has 0 saturated carbocycles. The van der Waals surface area contributed by atoms with Gasteiger partial charge >= 0.3 is 0 Å². The number of amides is 3. The van der Waals surface area contributed by atoms with Gasteiger partial charge in [-0.05, 0) is 42.0 Å². The number of carbonyl (C=O) groups excluding carboxylic acids is 3. The molecule has 1 N–H and O–H groups in total. The highest BCUT2D eigenvalue weighted by Crippen LogP contribution is 2.24. The van der Waals surface area contributed by atoms with Gasteiger partial charge in [0.25, 0.3) is 17.7 Å². The Kier molecular flexibility index (Phi) is 4.68. The Morgan fingerprint density at radius 3 is 2.11 bits per heavy atom. The lowest BCUT2D eigenvalue weighted by Gasteiger charge is -2.14. The number of carbonyl (C=O) groups is 3. The molecule has 1 aliphatic rings. The van der Waals surface area contributed by atoms with E-state index in [0.29, 0.717) is 23.2 Å². The number of rotatable bonds is 5. The van der Waals surface area contributed by atoms with Gasteiger partial charge in [-0.3, -0.25) is 24.3 Å². The smallest absolute Gasteiger partial charge is 0.261 e. The van der Waals surface area contributed by atoms with Crippen molar-refractivity contribution in [3.05, 3.63) is 101 Å². The molecule has 2 heterocycles. The Hall–Kier alpha value is -3.80. The number of nitrogens with one attached hydrogen (secondary N) is 1. The fraction of sp³-hybridized carbons (Fsp3) is 0.0909. The number of hydrogen-bond donors (Lipinski definition) is 1. The minimum Gasteiger partial charge on any atom is -0.346 e. The largest absolute Gasteiger partial charge is 0.346 e. The van der Waals surface area contributed by atoms with Gasteiger partial charge in [0, 0.05) is 11.8 Å². The van der Waals surface area contributed by atoms with Gasteiger partial charge in [-0.1, -0.05) is 30.3 Å². The first-order chi connectivity index (χ1) is 13.6. The first kappa shape index (κ1) is 17.6. The normalized spacial score (nSPS) is 12.8. The molecule has 0 atom stereocenters. The molecular weight excluding hydrogens is 354 g/mol. The second kappa shape index (κ2) is 7.44. The van der Waals surface area contributed by atoms with Gasteiger partial charge in [-0.15, -0.1) is 0 Å². The summed E-state index contributed by atoms with van der Waals surface area (Å²) in [5.74, 6) is -0.798. The average molecular weight is 371 g/mol. The van der Waals surface area contributed by atoms with E-state index in [9.17, 15) is 14.4 Å². The van der Waals surface area contributed by atoms with Crippen molar-refractivity contribution < 1.29 is 14.4 Å². The summed E-state index contributed by atoms with van der Waals surface area (Å²) in [6.45, 7) is 0.513. The zero-order valence-corrected chi connectivity index (χ0v) is 15.0. The molecule has 4 rings (SSSR count). The highest BCUT2D eigenvalue weighted by atomic mass is 16.2. The number of imide groups is 1. The number of fused-ring (bicyclic) bond motifs is 1. The molecule has 6 heteroatoms. The van der Waals surface area contributed by atoms with Crippen molar-refractivity contribution in [3.8, 4) is 0 Å². The molecular formula is C22H17N3O3. The standard InChI is InChI=1S/C22H17N3O3/c26-20(24-13-17-5-3-4-12-23-17)16-10-8-15(9-11-16)14-25-21(27)18-6-1-2-7-19(18)22(25)28/h1-12H,13-14H2,(H,24,26). The number of aromatic nitrogens is 1. The molecule has 0 fully saturated rings. The summed E-state index contributed by atoms with van der Waals surface area (Å²) in [5, 5.41) is 2.81. The average Bonchev–Trinajstić information content (AvgIpc) is 2.98. The summed E-state index contributed by atoms with van der Waals surface area (Å²) in [6, 6.07) is 19.2. The summed E-state index contributed by atoms with van der Waals surface area (Å²) in [7, 11) is 0. The molecule has 0 radical (unpaired) electrons. The van der Waals surface area contributed by atoms with Crippen molar-refractivity contribution in [3.63, 3.8) is 0 Å². The lowest BCUT2D eigenvalue weighted by atomic mass is 10.1. The topological polar surface area (TPSA) is 79.4 Å². The maximum Gasteiger partial charge on any atom is 0.261 e. The first-order valence-corrected chi connectivity index (χ1v) is 8.86. The predicted octanol–water partition coefficient (Wildman–Crippen LogP) is 2.81. The van der Waals surface area contributed by atoms with E-state index in [2.05, 4.69) is 10.3 Å². The molecule has 1 aliphatic heterocycles. The monoisotopic (exact) mass is 371 g/mol. The van der Waals surface area contributed by atoms with E-state index in [1.807, 2.05) is 18.2 Å². The van der Waals surface area contributed by atoms with Crippen LogP contribution >= 0.6 is 0 Å². The van der Waals surface area contributed by atoms with Crippen molar-refractivity contribution in [2.24, 2.45) is 0 Å². The molecule has 0 spiro atoms. The van der Waals surface area contributed by atoms with Crippen molar-refractivity contribution in [1.29, 1.82) is 0 Å². The summed E-state index contributed by atoms with van der Waals surface area (Å²) >= 11 is 0. The molecule has 1 aromatic heterocycles. The molecule has 0 aliphatic carbocycles. The van der Waals surface area contributed by atoms with Crippen LogP contribution in [0, 0.1) is 0 Å². The summed E-state index contributed by atoms with van der Waals surface area (Å²) in [4.78, 5) is 42.5. The van der Waals surface area contributed by atoms with Crippen LogP contribution in [-0.2, 0) is 13.1 Å². The van der Waals surface area contributed by atoms with Crippen LogP contribution in [-0.4, -0.2) is 27.6 Å². The van der Waals surface area contributed by atoms with Crippen LogP contribution in [0.5, 0.6) is 0 Å². The van der Waals surface area contributed by atoms with E-state index in [-0.39, 0.29) is 24.3 Å². The molecule has 0 bridgehead atoms. The zero-order valence-electron chi connectivity index (χ0n) is 15.0. The highest BCUT2D eigenvalue weighted by molar-refractivity contribution is 6.21. The van der Waals surface area contributed by atoms with Crippen LogP contribution in [0.3, 0.4) is 0 Å². The molecule has 2 aromatic carbocycles. The van der Waals surface area contributed by atoms with Crippen molar-refractivity contribution >= 4 is 17.7 Å². The number of hydrogen-bond acceptors (Lipinski definition) is 4. The predicted molar refractivity (Wildman–Crippen MR) is 102 cm³/mol. The lowest BCUT2D eigenvalue weighted by molar-refractivity contribution is 0.0642. The highest BCUT2D eigenvalue weighted by Gasteiger charge is 2.34. The zero-order chi connectivity index (χ0) is 19.5. The van der Waals surface area contributed by atoms with E-state index in [1.54, 1.807) is 54.7 Å². The van der Waals surface area contributed by atoms with Crippen LogP contribution in [0.25, 0.3) is 0 Å². The molecule has 6 nitrogen and oxygen atoms in total. The SMILES string of the molecule is O=C(NCc1ccccn1)c1ccc(CN2C(=O)c3ccccc3C2=O)cc1. The molecule has 138 valence electrons. The van der Waals surface area contributed by atoms with Gasteiger partial charge in [0.2, 0.25) is 0 Å². The van der Waals surface area contributed by atoms with Gasteiger partial charge in [0.1, 0.15) is 0 Å². The fourth-order valence-corrected chi connectivity index (χ4v) is 3.10. The minimum absolute atomic E-state index is 0.169. The van der Waals surface area contributed by atoms with Crippen LogP contribution < -0.4 is 5.32 Å². The third-order valence-corrected chi connectivity index (χ3v) is 4.59. The Morgan fingerprint density at radius 1 is 0.857 bits per heavy atom. The Morgan fingerprint density at radius 2 is 1.50 bits per heavy atom. The second-order valence-electron chi connectivity index (χ2n) is 6.44. The van der Waals surface area contributed by atoms with Crippen LogP contribution in [0.1, 0.15) is 42.3 Å². The van der Waals surface area contributed by atoms with Crippen molar-refractivity contribution in [2.45, 2.75) is 13.1 Å². The maximum atomic E-state index is 12.4. The van der Waals surface area contributed by atoms with Gasteiger partial charge < -0.3 is 5.32 Å². The van der Waals surface area contributed by atoms with Crippen molar-refractivity contribution in [1.82, 2.24) is 15.2 Å². The van der Waals surface area contributed by atoms with E-state index < -0.39 is 0 Å². The van der Waals surface area contributed by atoms with Crippen LogP contribution in [0.2, 0.25) is 0 Å². The Balaban J connectivity index is 1.41. The number of pyridine rings is 1. The fourth-order valence-electron chi connectivity index (χ4n) is 3.10. The van der Waals surface area contributed by atoms with Gasteiger partial charge in [-0.25, -0.2) is 0 Å². The quantitative estimate of drug-likeness (QED) is 0.700. The maximum absolute atomic E-state index is 12.4. The van der Waals surface area contributed by atoms with Gasteiger partial charge in [0.05, 0.1) is 29.9 Å². The third kappa shape index (κ3) is 3.40. The number of benzene rings is 2. The van der Waals surface area contributed by atoms with E-state index in [1.165, 1.54) is 4.90 Å². The summed E-state index contributed by atoms with van der Waals surface area (Å²) in [6.07, 6.45) is 1.68. The Labute approximate surface area is 161 Å². The molecule has 0 unspecified atom stereocenters. The third-order valence-electron chi connectivity index (χ3n) is 4.59. The molecule has 28 heavy (non-hydrogen) atoms. The minimum atomic E-state index is -0.294. The Bertz CT molecular complexity index is 1010.